The van der Waals surface area contributed by atoms with Gasteiger partial charge < -0.3 is 20.5 Å². The molecule has 3 N–H and O–H groups in total. The summed E-state index contributed by atoms with van der Waals surface area (Å²) in [6.45, 7) is 3.65. The van der Waals surface area contributed by atoms with Gasteiger partial charge in [0.1, 0.15) is 5.82 Å². The first-order chi connectivity index (χ1) is 11.7. The van der Waals surface area contributed by atoms with Crippen LogP contribution in [0.3, 0.4) is 0 Å². The number of methoxy groups -OCH3 is 1. The monoisotopic (exact) mass is 349 g/mol. The van der Waals surface area contributed by atoms with Crippen molar-refractivity contribution >= 4 is 23.1 Å². The van der Waals surface area contributed by atoms with Gasteiger partial charge in [0.25, 0.3) is 0 Å². The summed E-state index contributed by atoms with van der Waals surface area (Å²) in [6.07, 6.45) is 0.734. The van der Waals surface area contributed by atoms with Crippen molar-refractivity contribution in [2.45, 2.75) is 19.0 Å². The number of nitrogens with two attached hydrogens (primary N) is 1. The molecule has 24 heavy (non-hydrogen) atoms. The van der Waals surface area contributed by atoms with Gasteiger partial charge in [0.05, 0.1) is 7.11 Å². The van der Waals surface area contributed by atoms with Gasteiger partial charge in [-0.25, -0.2) is 0 Å². The smallest absolute Gasteiger partial charge is 0.225 e. The molecule has 1 fully saturated rings. The van der Waals surface area contributed by atoms with Crippen molar-refractivity contribution in [2.24, 2.45) is 0 Å². The maximum Gasteiger partial charge on any atom is 0.225 e. The zero-order valence-electron chi connectivity index (χ0n) is 13.8. The van der Waals surface area contributed by atoms with E-state index in [1.165, 1.54) is 5.56 Å². The van der Waals surface area contributed by atoms with Gasteiger partial charge in [-0.15, -0.1) is 0 Å². The van der Waals surface area contributed by atoms with Crippen LogP contribution in [0.15, 0.2) is 22.9 Å². The normalized spacial score (nSPS) is 18.8. The van der Waals surface area contributed by atoms with Crippen LogP contribution in [0.4, 0.5) is 11.8 Å². The SMILES string of the molecule is COc1cc(N2CCN(Cc3ccsc3)C(CCO)C2)nc(N)n1. The fourth-order valence-corrected chi connectivity index (χ4v) is 3.71. The number of rotatable bonds is 6. The first-order valence-corrected chi connectivity index (χ1v) is 8.93. The van der Waals surface area contributed by atoms with Gasteiger partial charge in [-0.3, -0.25) is 4.90 Å². The molecular weight excluding hydrogens is 326 g/mol. The molecule has 7 nitrogen and oxygen atoms in total. The zero-order chi connectivity index (χ0) is 16.9. The minimum atomic E-state index is 0.174. The molecule has 0 aromatic carbocycles. The third kappa shape index (κ3) is 3.95. The lowest BCUT2D eigenvalue weighted by Gasteiger charge is -2.41. The van der Waals surface area contributed by atoms with Crippen molar-refractivity contribution in [3.63, 3.8) is 0 Å². The van der Waals surface area contributed by atoms with E-state index in [0.717, 1.165) is 38.4 Å². The second-order valence-corrected chi connectivity index (χ2v) is 6.62. The number of aromatic nitrogens is 2. The molecule has 3 rings (SSSR count). The molecule has 8 heteroatoms. The summed E-state index contributed by atoms with van der Waals surface area (Å²) in [4.78, 5) is 13.0. The van der Waals surface area contributed by atoms with Gasteiger partial charge in [-0.2, -0.15) is 21.3 Å². The van der Waals surface area contributed by atoms with Crippen LogP contribution in [0.2, 0.25) is 0 Å². The first-order valence-electron chi connectivity index (χ1n) is 7.99. The van der Waals surface area contributed by atoms with Crippen LogP contribution in [0.5, 0.6) is 5.88 Å². The third-order valence-corrected chi connectivity index (χ3v) is 5.00. The molecule has 0 radical (unpaired) electrons. The molecule has 1 aliphatic heterocycles. The predicted octanol–water partition coefficient (Wildman–Crippen LogP) is 1.20. The second kappa shape index (κ2) is 7.78. The molecule has 130 valence electrons. The molecule has 0 aliphatic carbocycles. The van der Waals surface area contributed by atoms with Crippen LogP contribution in [0.25, 0.3) is 0 Å². The zero-order valence-corrected chi connectivity index (χ0v) is 14.6. The van der Waals surface area contributed by atoms with Crippen LogP contribution >= 0.6 is 11.3 Å². The summed E-state index contributed by atoms with van der Waals surface area (Å²) in [5, 5.41) is 13.7. The van der Waals surface area contributed by atoms with Gasteiger partial charge in [0, 0.05) is 44.9 Å². The standard InChI is InChI=1S/C16H23N5O2S/c1-23-15-8-14(18-16(17)19-15)21-5-4-20(13(10-21)2-6-22)9-12-3-7-24-11-12/h3,7-8,11,13,22H,2,4-6,9-10H2,1H3,(H2,17,18,19). The van der Waals surface area contributed by atoms with E-state index in [2.05, 4.69) is 36.6 Å². The Kier molecular flexibility index (Phi) is 5.49. The van der Waals surface area contributed by atoms with Crippen molar-refractivity contribution < 1.29 is 9.84 Å². The van der Waals surface area contributed by atoms with Crippen LogP contribution in [-0.4, -0.2) is 59.4 Å². The Balaban J connectivity index is 1.73. The Bertz CT molecular complexity index is 652. The van der Waals surface area contributed by atoms with Gasteiger partial charge >= 0.3 is 0 Å². The Labute approximate surface area is 145 Å². The van der Waals surface area contributed by atoms with Crippen molar-refractivity contribution in [1.29, 1.82) is 0 Å². The summed E-state index contributed by atoms with van der Waals surface area (Å²) in [7, 11) is 1.57. The summed E-state index contributed by atoms with van der Waals surface area (Å²) in [5.74, 6) is 1.46. The lowest BCUT2D eigenvalue weighted by atomic mass is 10.1. The number of hydrogen-bond acceptors (Lipinski definition) is 8. The highest BCUT2D eigenvalue weighted by Gasteiger charge is 2.28. The minimum absolute atomic E-state index is 0.174. The topological polar surface area (TPSA) is 87.7 Å². The minimum Gasteiger partial charge on any atom is -0.481 e. The Morgan fingerprint density at radius 1 is 1.42 bits per heavy atom. The maximum atomic E-state index is 9.44. The number of piperazine rings is 1. The largest absolute Gasteiger partial charge is 0.481 e. The van der Waals surface area contributed by atoms with Gasteiger partial charge in [0.2, 0.25) is 11.8 Å². The van der Waals surface area contributed by atoms with E-state index in [1.807, 2.05) is 0 Å². The van der Waals surface area contributed by atoms with E-state index < -0.39 is 0 Å². The highest BCUT2D eigenvalue weighted by atomic mass is 32.1. The van der Waals surface area contributed by atoms with E-state index in [9.17, 15) is 5.11 Å². The molecule has 1 unspecified atom stereocenters. The second-order valence-electron chi connectivity index (χ2n) is 5.84. The molecule has 0 bridgehead atoms. The average molecular weight is 349 g/mol. The number of anilines is 2. The summed E-state index contributed by atoms with van der Waals surface area (Å²) in [5.41, 5.74) is 7.10. The quantitative estimate of drug-likeness (QED) is 0.810. The van der Waals surface area contributed by atoms with Crippen molar-refractivity contribution in [2.75, 3.05) is 44.0 Å². The van der Waals surface area contributed by atoms with E-state index in [4.69, 9.17) is 10.5 Å². The third-order valence-electron chi connectivity index (χ3n) is 4.27. The Morgan fingerprint density at radius 2 is 2.29 bits per heavy atom. The van der Waals surface area contributed by atoms with E-state index >= 15 is 0 Å². The van der Waals surface area contributed by atoms with Gasteiger partial charge in [-0.1, -0.05) is 0 Å². The number of thiophene rings is 1. The van der Waals surface area contributed by atoms with Crippen molar-refractivity contribution in [3.8, 4) is 5.88 Å². The predicted molar refractivity (Wildman–Crippen MR) is 95.4 cm³/mol. The number of aliphatic hydroxyl groups excluding tert-OH is 1. The number of ether oxygens (including phenoxy) is 1. The Hall–Kier alpha value is -1.90. The fourth-order valence-electron chi connectivity index (χ4n) is 3.05. The number of hydrogen-bond donors (Lipinski definition) is 2. The van der Waals surface area contributed by atoms with Gasteiger partial charge in [-0.05, 0) is 28.8 Å². The average Bonchev–Trinajstić information content (AvgIpc) is 3.09. The molecule has 0 spiro atoms. The van der Waals surface area contributed by atoms with Crippen molar-refractivity contribution in [3.05, 3.63) is 28.5 Å². The maximum absolute atomic E-state index is 9.44. The summed E-state index contributed by atoms with van der Waals surface area (Å²) in [6, 6.07) is 4.23. The van der Waals surface area contributed by atoms with Crippen LogP contribution in [0.1, 0.15) is 12.0 Å². The van der Waals surface area contributed by atoms with Crippen molar-refractivity contribution in [1.82, 2.24) is 14.9 Å². The summed E-state index contributed by atoms with van der Waals surface area (Å²) < 4.78 is 5.19. The highest BCUT2D eigenvalue weighted by molar-refractivity contribution is 7.07. The van der Waals surface area contributed by atoms with Crippen LogP contribution in [-0.2, 0) is 6.54 Å². The molecule has 3 heterocycles. The van der Waals surface area contributed by atoms with E-state index in [1.54, 1.807) is 24.5 Å². The van der Waals surface area contributed by atoms with E-state index in [0.29, 0.717) is 5.88 Å². The lowest BCUT2D eigenvalue weighted by molar-refractivity contribution is 0.135. The highest BCUT2D eigenvalue weighted by Crippen LogP contribution is 2.24. The Morgan fingerprint density at radius 3 is 3.00 bits per heavy atom. The number of aliphatic hydroxyl groups is 1. The molecule has 2 aromatic heterocycles. The fraction of sp³-hybridized carbons (Fsp3) is 0.500. The van der Waals surface area contributed by atoms with Crippen LogP contribution < -0.4 is 15.4 Å². The summed E-state index contributed by atoms with van der Waals surface area (Å²) >= 11 is 1.71. The molecule has 1 aliphatic rings. The lowest BCUT2D eigenvalue weighted by Crippen LogP contribution is -2.53. The first kappa shape index (κ1) is 16.9. The molecule has 0 amide bonds. The number of nitrogen functional groups attached to an aromatic ring is 1. The number of nitrogens with zero attached hydrogens (tertiary/aromatic N) is 4. The molecule has 0 saturated carbocycles. The molecule has 1 saturated heterocycles. The molecule has 1 atom stereocenters. The molecule has 2 aromatic rings. The molecular formula is C16H23N5O2S. The van der Waals surface area contributed by atoms with E-state index in [-0.39, 0.29) is 18.6 Å². The van der Waals surface area contributed by atoms with Gasteiger partial charge in [0.15, 0.2) is 0 Å². The van der Waals surface area contributed by atoms with Crippen LogP contribution in [0, 0.1) is 0 Å².